The molecule has 0 aliphatic heterocycles. The van der Waals surface area contributed by atoms with E-state index < -0.39 is 58.0 Å². The highest BCUT2D eigenvalue weighted by Gasteiger charge is 2.64. The molecule has 1 saturated carbocycles. The maximum Gasteiger partial charge on any atom is 0.255 e. The van der Waals surface area contributed by atoms with Crippen molar-refractivity contribution < 1.29 is 34.8 Å². The van der Waals surface area contributed by atoms with Crippen LogP contribution in [0.2, 0.25) is 0 Å². The van der Waals surface area contributed by atoms with Gasteiger partial charge in [-0.3, -0.25) is 24.3 Å². The number of fused-ring (bicyclic) bond motifs is 3. The first kappa shape index (κ1) is 26.4. The number of carbonyl (C=O) groups is 3. The predicted octanol–water partition coefficient (Wildman–Crippen LogP) is 1.09. The fourth-order valence-corrected chi connectivity index (χ4v) is 6.43. The van der Waals surface area contributed by atoms with Crippen molar-refractivity contribution in [2.75, 3.05) is 33.1 Å². The molecule has 204 valence electrons. The topological polar surface area (TPSA) is 178 Å². The second-order valence-corrected chi connectivity index (χ2v) is 10.7. The van der Waals surface area contributed by atoms with E-state index in [9.17, 15) is 34.8 Å². The molecule has 1 fully saturated rings. The molecular formula is C28H30N4O7. The van der Waals surface area contributed by atoms with E-state index in [0.717, 1.165) is 0 Å². The van der Waals surface area contributed by atoms with Crippen LogP contribution in [0.4, 0.5) is 5.69 Å². The minimum absolute atomic E-state index is 0.0315. The number of phenols is 1. The van der Waals surface area contributed by atoms with Gasteiger partial charge in [-0.25, -0.2) is 0 Å². The monoisotopic (exact) mass is 534 g/mol. The quantitative estimate of drug-likeness (QED) is 0.357. The zero-order valence-corrected chi connectivity index (χ0v) is 22.0. The van der Waals surface area contributed by atoms with Crippen LogP contribution in [0.3, 0.4) is 0 Å². The Morgan fingerprint density at radius 2 is 1.85 bits per heavy atom. The number of aliphatic hydroxyl groups is 3. The third-order valence-electron chi connectivity index (χ3n) is 8.15. The summed E-state index contributed by atoms with van der Waals surface area (Å²) >= 11 is 0. The summed E-state index contributed by atoms with van der Waals surface area (Å²) in [5.41, 5.74) is 3.96. The molecule has 5 rings (SSSR count). The number of nitrogens with zero attached hydrogens (tertiary/aromatic N) is 3. The number of amides is 1. The van der Waals surface area contributed by atoms with Crippen LogP contribution in [0, 0.1) is 11.8 Å². The highest BCUT2D eigenvalue weighted by molar-refractivity contribution is 6.24. The summed E-state index contributed by atoms with van der Waals surface area (Å²) in [5, 5.41) is 45.7. The lowest BCUT2D eigenvalue weighted by Gasteiger charge is -2.50. The van der Waals surface area contributed by atoms with Crippen molar-refractivity contribution in [2.24, 2.45) is 17.6 Å². The summed E-state index contributed by atoms with van der Waals surface area (Å²) < 4.78 is 0. The van der Waals surface area contributed by atoms with Gasteiger partial charge in [-0.15, -0.1) is 0 Å². The molecule has 6 N–H and O–H groups in total. The van der Waals surface area contributed by atoms with E-state index in [1.807, 2.05) is 19.0 Å². The molecule has 0 bridgehead atoms. The highest BCUT2D eigenvalue weighted by Crippen LogP contribution is 2.54. The number of nitrogens with two attached hydrogens (primary N) is 1. The van der Waals surface area contributed by atoms with Crippen LogP contribution in [-0.4, -0.2) is 87.6 Å². The molecule has 0 spiro atoms. The van der Waals surface area contributed by atoms with Crippen molar-refractivity contribution in [3.63, 3.8) is 0 Å². The third kappa shape index (κ3) is 3.57. The first-order valence-electron chi connectivity index (χ1n) is 12.4. The molecule has 2 unspecified atom stereocenters. The largest absolute Gasteiger partial charge is 0.508 e. The lowest BCUT2D eigenvalue weighted by molar-refractivity contribution is -0.153. The second-order valence-electron chi connectivity index (χ2n) is 10.7. The van der Waals surface area contributed by atoms with Crippen LogP contribution in [0.1, 0.15) is 17.5 Å². The smallest absolute Gasteiger partial charge is 0.255 e. The zero-order chi connectivity index (χ0) is 28.5. The summed E-state index contributed by atoms with van der Waals surface area (Å²) in [5.74, 6) is -6.77. The third-order valence-corrected chi connectivity index (χ3v) is 8.15. The number of carbonyl (C=O) groups excluding carboxylic acids is 3. The van der Waals surface area contributed by atoms with Crippen LogP contribution < -0.4 is 10.6 Å². The number of rotatable bonds is 4. The van der Waals surface area contributed by atoms with Crippen molar-refractivity contribution in [2.45, 2.75) is 24.5 Å². The maximum absolute atomic E-state index is 14.0. The SMILES string of the molecule is CN(C)c1cc(-c2cccnc2)c(O)c2c1CC1CC3[C@H](N(C)C)C(=O)C(C(N)=O)=C(O)[C@@]3(O)C(=O)C1=C2O. The standard InChI is InChI=1S/C28H30N4O7/c1-31(2)17-10-14(12-6-5-7-30-11-12)22(33)19-15(17)8-13-9-16-21(32(3)4)24(35)20(27(29)38)26(37)28(16,39)25(36)18(13)23(19)34/h5-7,10-11,13,16,21,33-34,37,39H,8-9H2,1-4H3,(H2,29,38)/t13?,16?,21-,28-/m0/s1. The Labute approximate surface area is 224 Å². The average molecular weight is 535 g/mol. The molecule has 1 aromatic heterocycles. The number of benzene rings is 1. The summed E-state index contributed by atoms with van der Waals surface area (Å²) in [4.78, 5) is 46.8. The van der Waals surface area contributed by atoms with E-state index >= 15 is 0 Å². The Kier molecular flexibility index (Phi) is 6.04. The number of hydrogen-bond donors (Lipinski definition) is 5. The fourth-order valence-electron chi connectivity index (χ4n) is 6.43. The number of aliphatic hydroxyl groups excluding tert-OH is 2. The molecule has 3 aliphatic carbocycles. The molecule has 4 atom stereocenters. The Hall–Kier alpha value is -4.22. The van der Waals surface area contributed by atoms with Crippen LogP contribution >= 0.6 is 0 Å². The summed E-state index contributed by atoms with van der Waals surface area (Å²) in [6.07, 6.45) is 3.39. The second kappa shape index (κ2) is 8.92. The number of phenolic OH excluding ortho intramolecular Hbond substituents is 1. The Morgan fingerprint density at radius 3 is 2.41 bits per heavy atom. The van der Waals surface area contributed by atoms with Gasteiger partial charge < -0.3 is 31.1 Å². The van der Waals surface area contributed by atoms with Crippen LogP contribution in [0.15, 0.2) is 47.5 Å². The lowest BCUT2D eigenvalue weighted by Crippen LogP contribution is -2.65. The molecule has 11 heteroatoms. The van der Waals surface area contributed by atoms with Gasteiger partial charge in [0.2, 0.25) is 5.78 Å². The molecular weight excluding hydrogens is 504 g/mol. The van der Waals surface area contributed by atoms with Gasteiger partial charge in [0.25, 0.3) is 5.91 Å². The molecule has 11 nitrogen and oxygen atoms in total. The Morgan fingerprint density at radius 1 is 1.15 bits per heavy atom. The first-order chi connectivity index (χ1) is 18.3. The molecule has 39 heavy (non-hydrogen) atoms. The number of likely N-dealkylation sites (N-methyl/N-ethyl adjacent to an activating group) is 1. The predicted molar refractivity (Wildman–Crippen MR) is 142 cm³/mol. The van der Waals surface area contributed by atoms with Crippen molar-refractivity contribution in [3.05, 3.63) is 58.6 Å². The number of ketones is 2. The molecule has 0 radical (unpaired) electrons. The van der Waals surface area contributed by atoms with E-state index in [0.29, 0.717) is 22.4 Å². The summed E-state index contributed by atoms with van der Waals surface area (Å²) in [6.45, 7) is 0. The molecule has 1 aromatic carbocycles. The minimum atomic E-state index is -2.68. The van der Waals surface area contributed by atoms with E-state index in [2.05, 4.69) is 4.98 Å². The Balaban J connectivity index is 1.78. The summed E-state index contributed by atoms with van der Waals surface area (Å²) in [7, 11) is 6.76. The van der Waals surface area contributed by atoms with Gasteiger partial charge in [0, 0.05) is 54.8 Å². The van der Waals surface area contributed by atoms with Gasteiger partial charge in [0.15, 0.2) is 11.4 Å². The van der Waals surface area contributed by atoms with E-state index in [1.54, 1.807) is 44.7 Å². The van der Waals surface area contributed by atoms with E-state index in [1.165, 1.54) is 4.90 Å². The number of aromatic hydroxyl groups is 1. The number of anilines is 1. The highest BCUT2D eigenvalue weighted by atomic mass is 16.3. The fraction of sp³-hybridized carbons (Fsp3) is 0.357. The zero-order valence-electron chi connectivity index (χ0n) is 22.0. The van der Waals surface area contributed by atoms with Gasteiger partial charge in [0.05, 0.1) is 11.6 Å². The molecule has 1 amide bonds. The van der Waals surface area contributed by atoms with Crippen molar-refractivity contribution in [1.29, 1.82) is 0 Å². The van der Waals surface area contributed by atoms with Crippen molar-refractivity contribution in [1.82, 2.24) is 9.88 Å². The molecule has 2 aromatic rings. The summed E-state index contributed by atoms with van der Waals surface area (Å²) in [6, 6.07) is 4.11. The van der Waals surface area contributed by atoms with Gasteiger partial charge in [-0.2, -0.15) is 0 Å². The number of Topliss-reactive ketones (excluding diaryl/α,β-unsaturated/α-hetero) is 2. The molecule has 0 saturated heterocycles. The number of aromatic nitrogens is 1. The number of pyridine rings is 1. The normalized spacial score (nSPS) is 26.4. The van der Waals surface area contributed by atoms with Gasteiger partial charge in [-0.1, -0.05) is 6.07 Å². The van der Waals surface area contributed by atoms with E-state index in [4.69, 9.17) is 5.73 Å². The number of hydrogen-bond acceptors (Lipinski definition) is 10. The van der Waals surface area contributed by atoms with Gasteiger partial charge in [-0.05, 0) is 50.6 Å². The minimum Gasteiger partial charge on any atom is -0.508 e. The first-order valence-corrected chi connectivity index (χ1v) is 12.4. The van der Waals surface area contributed by atoms with Crippen molar-refractivity contribution >= 4 is 28.9 Å². The van der Waals surface area contributed by atoms with Gasteiger partial charge in [0.1, 0.15) is 22.8 Å². The Bertz CT molecular complexity index is 1490. The van der Waals surface area contributed by atoms with Gasteiger partial charge >= 0.3 is 0 Å². The average Bonchev–Trinajstić information content (AvgIpc) is 2.86. The molecule has 3 aliphatic rings. The maximum atomic E-state index is 14.0. The van der Waals surface area contributed by atoms with E-state index in [-0.39, 0.29) is 29.7 Å². The number of primary amides is 1. The van der Waals surface area contributed by atoms with Crippen molar-refractivity contribution in [3.8, 4) is 16.9 Å². The lowest BCUT2D eigenvalue weighted by atomic mass is 9.57. The van der Waals surface area contributed by atoms with Crippen LogP contribution in [0.25, 0.3) is 16.9 Å². The van der Waals surface area contributed by atoms with Crippen LogP contribution in [-0.2, 0) is 20.8 Å². The molecule has 1 heterocycles. The van der Waals surface area contributed by atoms with Crippen LogP contribution in [0.5, 0.6) is 5.75 Å².